The molecule has 2 aromatic heterocycles. The molecule has 0 fully saturated rings. The van der Waals surface area contributed by atoms with Crippen LogP contribution in [0.15, 0.2) is 54.7 Å². The summed E-state index contributed by atoms with van der Waals surface area (Å²) in [5.41, 5.74) is 2.51. The second kappa shape index (κ2) is 7.09. The monoisotopic (exact) mass is 334 g/mol. The predicted octanol–water partition coefficient (Wildman–Crippen LogP) is 4.10. The Hall–Kier alpha value is -3.28. The van der Waals surface area contributed by atoms with Gasteiger partial charge in [0.25, 0.3) is 0 Å². The first-order chi connectivity index (χ1) is 12.0. The minimum absolute atomic E-state index is 0.165. The summed E-state index contributed by atoms with van der Waals surface area (Å²) in [6, 6.07) is 14.0. The van der Waals surface area contributed by atoms with Crippen molar-refractivity contribution in [3.8, 4) is 11.4 Å². The molecule has 0 bridgehead atoms. The summed E-state index contributed by atoms with van der Waals surface area (Å²) in [6.45, 7) is 4.06. The van der Waals surface area contributed by atoms with Crippen molar-refractivity contribution in [1.82, 2.24) is 15.0 Å². The molecule has 2 N–H and O–H groups in total. The number of carbonyl (C=O) groups is 1. The Labute approximate surface area is 145 Å². The number of aromatic nitrogens is 3. The Morgan fingerprint density at radius 3 is 2.40 bits per heavy atom. The Bertz CT molecular complexity index is 878. The van der Waals surface area contributed by atoms with E-state index >= 15 is 0 Å². The number of nitrogens with zero attached hydrogens (tertiary/aromatic N) is 3. The van der Waals surface area contributed by atoms with Gasteiger partial charge in [0.1, 0.15) is 11.6 Å². The molecule has 25 heavy (non-hydrogen) atoms. The Morgan fingerprint density at radius 1 is 1.04 bits per heavy atom. The van der Waals surface area contributed by atoms with Gasteiger partial charge in [0.2, 0.25) is 0 Å². The smallest absolute Gasteiger partial charge is 0.335 e. The van der Waals surface area contributed by atoms with Crippen molar-refractivity contribution in [2.45, 2.75) is 19.8 Å². The molecule has 0 saturated carbocycles. The fourth-order valence-electron chi connectivity index (χ4n) is 2.28. The first kappa shape index (κ1) is 16.6. The highest BCUT2D eigenvalue weighted by Crippen LogP contribution is 2.23. The van der Waals surface area contributed by atoms with Crippen molar-refractivity contribution in [3.05, 3.63) is 66.1 Å². The lowest BCUT2D eigenvalue weighted by atomic mass is 10.2. The maximum atomic E-state index is 10.9. The third-order valence-electron chi connectivity index (χ3n) is 3.59. The number of pyridine rings is 1. The number of anilines is 2. The largest absolute Gasteiger partial charge is 0.478 e. The quantitative estimate of drug-likeness (QED) is 0.730. The summed E-state index contributed by atoms with van der Waals surface area (Å²) >= 11 is 0. The Morgan fingerprint density at radius 2 is 1.80 bits per heavy atom. The van der Waals surface area contributed by atoms with Gasteiger partial charge < -0.3 is 10.4 Å². The van der Waals surface area contributed by atoms with Gasteiger partial charge in [0.05, 0.1) is 17.0 Å². The van der Waals surface area contributed by atoms with Crippen molar-refractivity contribution in [2.24, 2.45) is 0 Å². The van der Waals surface area contributed by atoms with Crippen LogP contribution in [0.2, 0.25) is 0 Å². The molecule has 2 heterocycles. The van der Waals surface area contributed by atoms with Crippen LogP contribution in [0.25, 0.3) is 11.4 Å². The topological polar surface area (TPSA) is 88.0 Å². The molecule has 0 unspecified atom stereocenters. The molecular formula is C19H18N4O2. The molecule has 0 saturated heterocycles. The average molecular weight is 334 g/mol. The van der Waals surface area contributed by atoms with Crippen molar-refractivity contribution in [3.63, 3.8) is 0 Å². The van der Waals surface area contributed by atoms with Gasteiger partial charge in [-0.25, -0.2) is 14.8 Å². The van der Waals surface area contributed by atoms with E-state index in [0.717, 1.165) is 17.1 Å². The van der Waals surface area contributed by atoms with Gasteiger partial charge in [0.15, 0.2) is 0 Å². The molecule has 3 aromatic rings. The molecule has 0 amide bonds. The number of aromatic carboxylic acids is 1. The van der Waals surface area contributed by atoms with E-state index in [-0.39, 0.29) is 11.5 Å². The first-order valence-electron chi connectivity index (χ1n) is 7.93. The SMILES string of the molecule is CC(C)c1nc(Nc2ccc(C(=O)O)cc2)cc(-c2ccccn2)n1. The summed E-state index contributed by atoms with van der Waals surface area (Å²) in [7, 11) is 0. The number of carboxylic acids is 1. The summed E-state index contributed by atoms with van der Waals surface area (Å²) in [6.07, 6.45) is 1.73. The van der Waals surface area contributed by atoms with Crippen LogP contribution >= 0.6 is 0 Å². The van der Waals surface area contributed by atoms with Crippen molar-refractivity contribution < 1.29 is 9.90 Å². The first-order valence-corrected chi connectivity index (χ1v) is 7.93. The van der Waals surface area contributed by atoms with Gasteiger partial charge in [0, 0.05) is 23.9 Å². The molecule has 126 valence electrons. The fourth-order valence-corrected chi connectivity index (χ4v) is 2.28. The highest BCUT2D eigenvalue weighted by molar-refractivity contribution is 5.88. The minimum Gasteiger partial charge on any atom is -0.478 e. The zero-order chi connectivity index (χ0) is 17.8. The van der Waals surface area contributed by atoms with Gasteiger partial charge in [-0.15, -0.1) is 0 Å². The standard InChI is InChI=1S/C19H18N4O2/c1-12(2)18-22-16(15-5-3-4-10-20-15)11-17(23-18)21-14-8-6-13(7-9-14)19(24)25/h3-12H,1-2H3,(H,24,25)(H,21,22,23). The molecule has 0 aliphatic carbocycles. The van der Waals surface area contributed by atoms with Crippen LogP contribution in [-0.2, 0) is 0 Å². The van der Waals surface area contributed by atoms with Crippen LogP contribution in [0.5, 0.6) is 0 Å². The van der Waals surface area contributed by atoms with Crippen LogP contribution < -0.4 is 5.32 Å². The third kappa shape index (κ3) is 3.98. The molecule has 3 rings (SSSR count). The van der Waals surface area contributed by atoms with Crippen LogP contribution in [0.1, 0.15) is 35.9 Å². The zero-order valence-corrected chi connectivity index (χ0v) is 14.0. The Balaban J connectivity index is 1.95. The summed E-state index contributed by atoms with van der Waals surface area (Å²) in [5.74, 6) is 0.571. The molecule has 6 heteroatoms. The molecule has 0 spiro atoms. The van der Waals surface area contributed by atoms with Crippen LogP contribution in [0.3, 0.4) is 0 Å². The number of carboxylic acid groups (broad SMARTS) is 1. The van der Waals surface area contributed by atoms with Gasteiger partial charge in [-0.2, -0.15) is 0 Å². The van der Waals surface area contributed by atoms with E-state index in [4.69, 9.17) is 5.11 Å². The maximum absolute atomic E-state index is 10.9. The summed E-state index contributed by atoms with van der Waals surface area (Å²) < 4.78 is 0. The van der Waals surface area contributed by atoms with Gasteiger partial charge in [-0.05, 0) is 36.4 Å². The van der Waals surface area contributed by atoms with Crippen LogP contribution in [0.4, 0.5) is 11.5 Å². The highest BCUT2D eigenvalue weighted by atomic mass is 16.4. The minimum atomic E-state index is -0.951. The molecule has 0 radical (unpaired) electrons. The highest BCUT2D eigenvalue weighted by Gasteiger charge is 2.11. The molecule has 0 atom stereocenters. The van der Waals surface area contributed by atoms with Gasteiger partial charge >= 0.3 is 5.97 Å². The normalized spacial score (nSPS) is 10.7. The fraction of sp³-hybridized carbons (Fsp3) is 0.158. The average Bonchev–Trinajstić information content (AvgIpc) is 2.62. The van der Waals surface area contributed by atoms with E-state index in [1.807, 2.05) is 38.1 Å². The number of rotatable bonds is 5. The van der Waals surface area contributed by atoms with Gasteiger partial charge in [-0.1, -0.05) is 19.9 Å². The number of benzene rings is 1. The van der Waals surface area contributed by atoms with Crippen LogP contribution in [0, 0.1) is 0 Å². The molecule has 1 aromatic carbocycles. The van der Waals surface area contributed by atoms with E-state index in [2.05, 4.69) is 20.3 Å². The number of nitrogens with one attached hydrogen (secondary N) is 1. The zero-order valence-electron chi connectivity index (χ0n) is 14.0. The van der Waals surface area contributed by atoms with E-state index < -0.39 is 5.97 Å². The lowest BCUT2D eigenvalue weighted by Crippen LogP contribution is -2.04. The number of hydrogen-bond acceptors (Lipinski definition) is 5. The second-order valence-corrected chi connectivity index (χ2v) is 5.87. The van der Waals surface area contributed by atoms with E-state index in [1.165, 1.54) is 0 Å². The third-order valence-corrected chi connectivity index (χ3v) is 3.59. The van der Waals surface area contributed by atoms with Crippen LogP contribution in [-0.4, -0.2) is 26.0 Å². The summed E-state index contributed by atoms with van der Waals surface area (Å²) in [4.78, 5) is 24.4. The lowest BCUT2D eigenvalue weighted by Gasteiger charge is -2.12. The van der Waals surface area contributed by atoms with E-state index in [0.29, 0.717) is 11.6 Å². The van der Waals surface area contributed by atoms with Crippen molar-refractivity contribution in [2.75, 3.05) is 5.32 Å². The van der Waals surface area contributed by atoms with Crippen molar-refractivity contribution in [1.29, 1.82) is 0 Å². The van der Waals surface area contributed by atoms with Crippen molar-refractivity contribution >= 4 is 17.5 Å². The summed E-state index contributed by atoms with van der Waals surface area (Å²) in [5, 5.41) is 12.2. The Kier molecular flexibility index (Phi) is 4.70. The lowest BCUT2D eigenvalue weighted by molar-refractivity contribution is 0.0697. The van der Waals surface area contributed by atoms with E-state index in [9.17, 15) is 4.79 Å². The van der Waals surface area contributed by atoms with E-state index in [1.54, 1.807) is 30.5 Å². The second-order valence-electron chi connectivity index (χ2n) is 5.87. The molecule has 6 nitrogen and oxygen atoms in total. The maximum Gasteiger partial charge on any atom is 0.335 e. The molecule has 0 aliphatic rings. The van der Waals surface area contributed by atoms with Gasteiger partial charge in [-0.3, -0.25) is 4.98 Å². The molecular weight excluding hydrogens is 316 g/mol. The predicted molar refractivity (Wildman–Crippen MR) is 96.0 cm³/mol. The number of hydrogen-bond donors (Lipinski definition) is 2. The molecule has 0 aliphatic heterocycles.